The zero-order valence-electron chi connectivity index (χ0n) is 8.97. The minimum absolute atomic E-state index is 0.637. The van der Waals surface area contributed by atoms with Crippen LogP contribution in [0.1, 0.15) is 39.5 Å². The molecule has 2 fully saturated rings. The summed E-state index contributed by atoms with van der Waals surface area (Å²) in [6.07, 6.45) is 5.83. The summed E-state index contributed by atoms with van der Waals surface area (Å²) in [6.45, 7) is 8.21. The molecule has 0 bridgehead atoms. The maximum Gasteiger partial charge on any atom is 0.0212 e. The molecular formula is C11H22N2. The molecule has 1 aliphatic carbocycles. The molecule has 0 amide bonds. The van der Waals surface area contributed by atoms with E-state index in [9.17, 15) is 0 Å². The topological polar surface area (TPSA) is 15.3 Å². The zero-order chi connectivity index (χ0) is 9.31. The lowest BCUT2D eigenvalue weighted by atomic mass is 10.2. The van der Waals surface area contributed by atoms with Gasteiger partial charge in [0.25, 0.3) is 0 Å². The van der Waals surface area contributed by atoms with Crippen molar-refractivity contribution in [3.8, 4) is 0 Å². The Kier molecular flexibility index (Phi) is 2.61. The Morgan fingerprint density at radius 2 is 2.08 bits per heavy atom. The van der Waals surface area contributed by atoms with Gasteiger partial charge in [0.15, 0.2) is 0 Å². The van der Waals surface area contributed by atoms with E-state index in [1.54, 1.807) is 0 Å². The predicted molar refractivity (Wildman–Crippen MR) is 55.9 cm³/mol. The predicted octanol–water partition coefficient (Wildman–Crippen LogP) is 1.61. The molecule has 2 rings (SSSR count). The van der Waals surface area contributed by atoms with Gasteiger partial charge in [-0.15, -0.1) is 0 Å². The van der Waals surface area contributed by atoms with Crippen LogP contribution in [0.4, 0.5) is 0 Å². The first kappa shape index (κ1) is 9.47. The number of hydrogen-bond donors (Lipinski definition) is 1. The minimum atomic E-state index is 0.637. The summed E-state index contributed by atoms with van der Waals surface area (Å²) in [5, 5.41) is 3.50. The van der Waals surface area contributed by atoms with E-state index in [1.807, 2.05) is 0 Å². The van der Waals surface area contributed by atoms with Crippen LogP contribution in [-0.4, -0.2) is 36.1 Å². The smallest absolute Gasteiger partial charge is 0.0212 e. The first-order valence-electron chi connectivity index (χ1n) is 5.71. The van der Waals surface area contributed by atoms with Crippen molar-refractivity contribution in [3.63, 3.8) is 0 Å². The molecule has 76 valence electrons. The molecule has 0 aromatic heterocycles. The summed E-state index contributed by atoms with van der Waals surface area (Å²) in [6, 6.07) is 0.637. The second kappa shape index (κ2) is 3.58. The van der Waals surface area contributed by atoms with E-state index in [0.29, 0.717) is 11.6 Å². The van der Waals surface area contributed by atoms with Crippen LogP contribution in [0.2, 0.25) is 0 Å². The molecule has 1 heterocycles. The Hall–Kier alpha value is -0.0800. The van der Waals surface area contributed by atoms with Crippen LogP contribution in [0.5, 0.6) is 0 Å². The van der Waals surface area contributed by atoms with E-state index < -0.39 is 0 Å². The van der Waals surface area contributed by atoms with Gasteiger partial charge < -0.3 is 5.32 Å². The number of likely N-dealkylation sites (tertiary alicyclic amines) is 1. The molecule has 2 nitrogen and oxygen atoms in total. The summed E-state index contributed by atoms with van der Waals surface area (Å²) in [5.74, 6) is 0. The molecule has 0 aromatic rings. The first-order valence-corrected chi connectivity index (χ1v) is 5.71. The SMILES string of the molecule is CC(C)NCCN1CCCC12CC2. The van der Waals surface area contributed by atoms with Gasteiger partial charge in [-0.25, -0.2) is 0 Å². The molecule has 0 aromatic carbocycles. The summed E-state index contributed by atoms with van der Waals surface area (Å²) in [4.78, 5) is 2.71. The summed E-state index contributed by atoms with van der Waals surface area (Å²) in [5.41, 5.74) is 0.693. The maximum absolute atomic E-state index is 3.50. The molecule has 1 saturated carbocycles. The van der Waals surface area contributed by atoms with Gasteiger partial charge >= 0.3 is 0 Å². The minimum Gasteiger partial charge on any atom is -0.313 e. The second-order valence-electron chi connectivity index (χ2n) is 4.92. The number of hydrogen-bond acceptors (Lipinski definition) is 2. The van der Waals surface area contributed by atoms with Crippen molar-refractivity contribution in [1.82, 2.24) is 10.2 Å². The molecule has 13 heavy (non-hydrogen) atoms. The van der Waals surface area contributed by atoms with Crippen molar-refractivity contribution in [2.24, 2.45) is 0 Å². The molecular weight excluding hydrogens is 160 g/mol. The lowest BCUT2D eigenvalue weighted by Gasteiger charge is -2.24. The summed E-state index contributed by atoms with van der Waals surface area (Å²) < 4.78 is 0. The van der Waals surface area contributed by atoms with Crippen LogP contribution in [0, 0.1) is 0 Å². The molecule has 1 saturated heterocycles. The highest BCUT2D eigenvalue weighted by Crippen LogP contribution is 2.49. The normalized spacial score (nSPS) is 26.1. The zero-order valence-corrected chi connectivity index (χ0v) is 8.97. The van der Waals surface area contributed by atoms with Crippen molar-refractivity contribution in [2.45, 2.75) is 51.1 Å². The fourth-order valence-electron chi connectivity index (χ4n) is 2.54. The van der Waals surface area contributed by atoms with Gasteiger partial charge in [-0.1, -0.05) is 13.8 Å². The molecule has 0 unspecified atom stereocenters. The van der Waals surface area contributed by atoms with E-state index >= 15 is 0 Å². The Balaban J connectivity index is 1.70. The Morgan fingerprint density at radius 1 is 1.31 bits per heavy atom. The Morgan fingerprint density at radius 3 is 2.69 bits per heavy atom. The van der Waals surface area contributed by atoms with Crippen LogP contribution >= 0.6 is 0 Å². The van der Waals surface area contributed by atoms with E-state index in [1.165, 1.54) is 45.3 Å². The number of nitrogens with zero attached hydrogens (tertiary/aromatic N) is 1. The largest absolute Gasteiger partial charge is 0.313 e. The highest BCUT2D eigenvalue weighted by molar-refractivity contribution is 5.07. The maximum atomic E-state index is 3.50. The van der Waals surface area contributed by atoms with Crippen molar-refractivity contribution in [3.05, 3.63) is 0 Å². The van der Waals surface area contributed by atoms with Gasteiger partial charge in [0.2, 0.25) is 0 Å². The lowest BCUT2D eigenvalue weighted by Crippen LogP contribution is -2.38. The van der Waals surface area contributed by atoms with Crippen LogP contribution in [0.15, 0.2) is 0 Å². The van der Waals surface area contributed by atoms with Gasteiger partial charge in [0.1, 0.15) is 0 Å². The van der Waals surface area contributed by atoms with E-state index in [2.05, 4.69) is 24.1 Å². The van der Waals surface area contributed by atoms with Crippen LogP contribution in [0.25, 0.3) is 0 Å². The fourth-order valence-corrected chi connectivity index (χ4v) is 2.54. The standard InChI is InChI=1S/C11H22N2/c1-10(2)12-7-9-13-8-3-4-11(13)5-6-11/h10,12H,3-9H2,1-2H3. The van der Waals surface area contributed by atoms with E-state index in [0.717, 1.165) is 0 Å². The van der Waals surface area contributed by atoms with Crippen molar-refractivity contribution < 1.29 is 0 Å². The highest BCUT2D eigenvalue weighted by Gasteiger charge is 2.49. The summed E-state index contributed by atoms with van der Waals surface area (Å²) >= 11 is 0. The number of rotatable bonds is 4. The van der Waals surface area contributed by atoms with Crippen molar-refractivity contribution in [2.75, 3.05) is 19.6 Å². The van der Waals surface area contributed by atoms with Gasteiger partial charge in [-0.05, 0) is 32.2 Å². The Labute approximate surface area is 81.7 Å². The molecule has 0 atom stereocenters. The van der Waals surface area contributed by atoms with Gasteiger partial charge in [0, 0.05) is 24.7 Å². The van der Waals surface area contributed by atoms with Crippen LogP contribution in [-0.2, 0) is 0 Å². The molecule has 1 spiro atoms. The lowest BCUT2D eigenvalue weighted by molar-refractivity contribution is 0.234. The third-order valence-corrected chi connectivity index (χ3v) is 3.50. The van der Waals surface area contributed by atoms with Crippen molar-refractivity contribution >= 4 is 0 Å². The third-order valence-electron chi connectivity index (χ3n) is 3.50. The molecule has 2 aliphatic rings. The molecule has 0 radical (unpaired) electrons. The fraction of sp³-hybridized carbons (Fsp3) is 1.00. The van der Waals surface area contributed by atoms with Crippen LogP contribution < -0.4 is 5.32 Å². The monoisotopic (exact) mass is 182 g/mol. The molecule has 2 heteroatoms. The summed E-state index contributed by atoms with van der Waals surface area (Å²) in [7, 11) is 0. The van der Waals surface area contributed by atoms with Crippen LogP contribution in [0.3, 0.4) is 0 Å². The molecule has 1 N–H and O–H groups in total. The molecule has 1 aliphatic heterocycles. The van der Waals surface area contributed by atoms with E-state index in [4.69, 9.17) is 0 Å². The average Bonchev–Trinajstić information content (AvgIpc) is 2.71. The number of nitrogens with one attached hydrogen (secondary N) is 1. The van der Waals surface area contributed by atoms with Crippen molar-refractivity contribution in [1.29, 1.82) is 0 Å². The average molecular weight is 182 g/mol. The van der Waals surface area contributed by atoms with E-state index in [-0.39, 0.29) is 0 Å². The second-order valence-corrected chi connectivity index (χ2v) is 4.92. The Bertz CT molecular complexity index is 173. The highest BCUT2D eigenvalue weighted by atomic mass is 15.3. The van der Waals surface area contributed by atoms with Gasteiger partial charge in [-0.3, -0.25) is 4.90 Å². The third kappa shape index (κ3) is 2.05. The quantitative estimate of drug-likeness (QED) is 0.710. The first-order chi connectivity index (χ1) is 6.23. The van der Waals surface area contributed by atoms with Gasteiger partial charge in [0.05, 0.1) is 0 Å². The van der Waals surface area contributed by atoms with Gasteiger partial charge in [-0.2, -0.15) is 0 Å².